The van der Waals surface area contributed by atoms with E-state index in [9.17, 15) is 44.3 Å². The number of nitrogens with zero attached hydrogens (tertiary/aromatic N) is 4. The molecule has 15 nitrogen and oxygen atoms in total. The monoisotopic (exact) mass is 935 g/mol. The van der Waals surface area contributed by atoms with Gasteiger partial charge in [-0.1, -0.05) is 35.9 Å². The predicted molar refractivity (Wildman–Crippen MR) is 208 cm³/mol. The molecule has 0 aliphatic carbocycles. The molecule has 2 aromatic carbocycles. The van der Waals surface area contributed by atoms with Gasteiger partial charge in [0.15, 0.2) is 0 Å². The number of alkyl halides is 9. The molecule has 1 saturated heterocycles. The number of ether oxygens (including phenoxy) is 1. The maximum atomic E-state index is 12.3. The number of thiophene rings is 1. The fourth-order valence-electron chi connectivity index (χ4n) is 4.67. The summed E-state index contributed by atoms with van der Waals surface area (Å²) in [5.74, 6) is -6.89. The van der Waals surface area contributed by atoms with Crippen LogP contribution in [0.25, 0.3) is 20.7 Å². The van der Waals surface area contributed by atoms with Crippen molar-refractivity contribution in [3.05, 3.63) is 70.9 Å². The van der Waals surface area contributed by atoms with Gasteiger partial charge >= 0.3 is 42.5 Å². The molecule has 5 rings (SSSR count). The van der Waals surface area contributed by atoms with Crippen LogP contribution < -0.4 is 20.7 Å². The predicted octanol–water partition coefficient (Wildman–Crippen LogP) is 6.97. The molecule has 2 aromatic heterocycles. The van der Waals surface area contributed by atoms with Crippen molar-refractivity contribution in [2.45, 2.75) is 38.0 Å². The molecule has 0 radical (unpaired) electrons. The lowest BCUT2D eigenvalue weighted by Gasteiger charge is -2.32. The second-order valence-electron chi connectivity index (χ2n) is 12.6. The minimum absolute atomic E-state index is 0.218. The molecule has 1 aliphatic rings. The van der Waals surface area contributed by atoms with E-state index in [1.807, 2.05) is 30.3 Å². The first-order chi connectivity index (χ1) is 28.8. The fraction of sp³-hybridized carbons (Fsp3) is 0.389. The molecule has 26 heteroatoms. The highest BCUT2D eigenvalue weighted by atomic mass is 35.5. The highest BCUT2D eigenvalue weighted by molar-refractivity contribution is 7.22. The van der Waals surface area contributed by atoms with Crippen molar-refractivity contribution in [2.24, 2.45) is 0 Å². The van der Waals surface area contributed by atoms with E-state index in [2.05, 4.69) is 56.0 Å². The van der Waals surface area contributed by atoms with Crippen molar-refractivity contribution in [3.8, 4) is 16.3 Å². The largest absolute Gasteiger partial charge is 0.497 e. The molecule has 0 saturated carbocycles. The number of carbonyl (C=O) groups is 4. The molecule has 1 fully saturated rings. The molecule has 0 atom stereocenters. The van der Waals surface area contributed by atoms with Crippen LogP contribution >= 0.6 is 22.9 Å². The van der Waals surface area contributed by atoms with Gasteiger partial charge in [-0.15, -0.1) is 11.3 Å². The molecular weight excluding hydrogens is 897 g/mol. The van der Waals surface area contributed by atoms with Crippen molar-refractivity contribution in [3.63, 3.8) is 0 Å². The van der Waals surface area contributed by atoms with Gasteiger partial charge in [-0.25, -0.2) is 29.1 Å². The summed E-state index contributed by atoms with van der Waals surface area (Å²) in [6.45, 7) is 7.25. The number of aliphatic carboxylic acids is 3. The highest BCUT2D eigenvalue weighted by Crippen LogP contribution is 2.36. The Morgan fingerprint density at radius 3 is 1.79 bits per heavy atom. The van der Waals surface area contributed by atoms with Crippen LogP contribution in [0.5, 0.6) is 5.75 Å². The van der Waals surface area contributed by atoms with Gasteiger partial charge < -0.3 is 45.8 Å². The van der Waals surface area contributed by atoms with Gasteiger partial charge in [-0.05, 0) is 60.8 Å². The number of likely N-dealkylation sites (N-methyl/N-ethyl adjacent to an activating group) is 1. The summed E-state index contributed by atoms with van der Waals surface area (Å²) in [6.07, 6.45) is -12.6. The van der Waals surface area contributed by atoms with Gasteiger partial charge in [-0.2, -0.15) is 39.5 Å². The number of hydrogen-bond acceptors (Lipinski definition) is 11. The Kier molecular flexibility index (Phi) is 20.4. The molecule has 1 aliphatic heterocycles. The molecule has 0 bridgehead atoms. The number of rotatable bonds is 11. The molecule has 6 N–H and O–H groups in total. The minimum atomic E-state index is -5.08. The molecule has 4 aromatic rings. The quantitative estimate of drug-likeness (QED) is 0.0665. The third-order valence-corrected chi connectivity index (χ3v) is 9.27. The van der Waals surface area contributed by atoms with Crippen molar-refractivity contribution in [1.29, 1.82) is 0 Å². The minimum Gasteiger partial charge on any atom is -0.497 e. The van der Waals surface area contributed by atoms with Crippen LogP contribution in [0.15, 0.2) is 54.7 Å². The average molecular weight is 936 g/mol. The summed E-state index contributed by atoms with van der Waals surface area (Å²) in [5.41, 5.74) is 2.74. The number of carboxylic acids is 3. The van der Waals surface area contributed by atoms with E-state index < -0.39 is 36.4 Å². The van der Waals surface area contributed by atoms with Crippen molar-refractivity contribution < 1.29 is 78.7 Å². The fourth-order valence-corrected chi connectivity index (χ4v) is 6.05. The van der Waals surface area contributed by atoms with E-state index in [1.165, 1.54) is 0 Å². The number of aromatic nitrogens is 2. The zero-order valence-corrected chi connectivity index (χ0v) is 34.0. The average Bonchev–Trinajstić information content (AvgIpc) is 3.62. The summed E-state index contributed by atoms with van der Waals surface area (Å²) in [6, 6.07) is 15.7. The van der Waals surface area contributed by atoms with Gasteiger partial charge in [0.2, 0.25) is 5.95 Å². The number of methoxy groups -OCH3 is 1. The van der Waals surface area contributed by atoms with Gasteiger partial charge in [0.05, 0.1) is 23.2 Å². The third kappa shape index (κ3) is 19.4. The molecule has 0 spiro atoms. The van der Waals surface area contributed by atoms with E-state index in [0.29, 0.717) is 24.1 Å². The maximum Gasteiger partial charge on any atom is 0.490 e. The highest BCUT2D eigenvalue weighted by Gasteiger charge is 2.39. The second-order valence-corrected chi connectivity index (χ2v) is 14.1. The molecule has 2 amide bonds. The number of halogens is 10. The number of fused-ring (bicyclic) bond motifs is 1. The number of piperazine rings is 1. The van der Waals surface area contributed by atoms with E-state index in [4.69, 9.17) is 51.0 Å². The summed E-state index contributed by atoms with van der Waals surface area (Å²) >= 11 is 8.15. The van der Waals surface area contributed by atoms with Gasteiger partial charge in [0.1, 0.15) is 11.4 Å². The second kappa shape index (κ2) is 24.1. The van der Waals surface area contributed by atoms with Gasteiger partial charge in [0, 0.05) is 50.5 Å². The number of hydrogen-bond donors (Lipinski definition) is 6. The van der Waals surface area contributed by atoms with Crippen LogP contribution in [-0.4, -0.2) is 131 Å². The Hall–Kier alpha value is -5.66. The molecule has 0 unspecified atom stereocenters. The number of nitrogens with one attached hydrogen (secondary N) is 3. The van der Waals surface area contributed by atoms with Crippen molar-refractivity contribution in [2.75, 3.05) is 58.7 Å². The molecule has 342 valence electrons. The van der Waals surface area contributed by atoms with Crippen LogP contribution in [0.4, 0.5) is 50.3 Å². The standard InChI is InChI=1S/C30H36ClN7O2S.3C2HF3O2/c1-37-12-14-38(15-13-37)11-3-10-32-29-33-20-25(31)28(36-29)27-17-23-7-4-22(16-26(23)41-27)19-35-30(39)34-18-21-5-8-24(40-2)9-6-21;3*3-2(4,5)1(6)7/h4-9,16-17,20H,3,10-15,18-19H2,1-2H3,(H,32,33,36)(H2,34,35,39);3*(H,6,7). The summed E-state index contributed by atoms with van der Waals surface area (Å²) in [4.78, 5) is 54.0. The van der Waals surface area contributed by atoms with E-state index >= 15 is 0 Å². The zero-order valence-electron chi connectivity index (χ0n) is 32.4. The number of carbonyl (C=O) groups excluding carboxylic acids is 1. The normalized spacial score (nSPS) is 13.2. The lowest BCUT2D eigenvalue weighted by atomic mass is 10.1. The summed E-state index contributed by atoms with van der Waals surface area (Å²) in [7, 11) is 3.81. The smallest absolute Gasteiger partial charge is 0.490 e. The lowest BCUT2D eigenvalue weighted by Crippen LogP contribution is -2.44. The Balaban J connectivity index is 0.000000519. The molecular formula is C36H39ClF9N7O8S. The van der Waals surface area contributed by atoms with E-state index in [-0.39, 0.29) is 6.03 Å². The number of anilines is 1. The summed E-state index contributed by atoms with van der Waals surface area (Å²) < 4.78 is 101. The SMILES string of the molecule is COc1ccc(CNC(=O)NCc2ccc3cc(-c4nc(NCCCN5CCN(C)CC5)ncc4Cl)sc3c2)cc1.O=C(O)C(F)(F)F.O=C(O)C(F)(F)F.O=C(O)C(F)(F)F. The number of urea groups is 1. The number of amides is 2. The maximum absolute atomic E-state index is 12.3. The first-order valence-corrected chi connectivity index (χ1v) is 18.7. The Morgan fingerprint density at radius 1 is 0.790 bits per heavy atom. The third-order valence-electron chi connectivity index (χ3n) is 7.88. The zero-order chi connectivity index (χ0) is 46.8. The van der Waals surface area contributed by atoms with Crippen LogP contribution in [0, 0.1) is 0 Å². The Labute approximate surface area is 355 Å². The van der Waals surface area contributed by atoms with Crippen molar-refractivity contribution >= 4 is 62.9 Å². The van der Waals surface area contributed by atoms with Crippen LogP contribution in [0.3, 0.4) is 0 Å². The first-order valence-electron chi connectivity index (χ1n) is 17.5. The van der Waals surface area contributed by atoms with Gasteiger partial charge in [0.25, 0.3) is 0 Å². The van der Waals surface area contributed by atoms with Crippen LogP contribution in [0.1, 0.15) is 17.5 Å². The summed E-state index contributed by atoms with van der Waals surface area (Å²) in [5, 5.41) is 32.2. The Bertz CT molecular complexity index is 2030. The molecule has 3 heterocycles. The van der Waals surface area contributed by atoms with E-state index in [1.54, 1.807) is 24.6 Å². The molecule has 62 heavy (non-hydrogen) atoms. The number of carboxylic acid groups (broad SMARTS) is 3. The Morgan fingerprint density at radius 2 is 1.29 bits per heavy atom. The van der Waals surface area contributed by atoms with Crippen molar-refractivity contribution in [1.82, 2.24) is 30.4 Å². The number of benzene rings is 2. The lowest BCUT2D eigenvalue weighted by molar-refractivity contribution is -0.193. The van der Waals surface area contributed by atoms with Gasteiger partial charge in [-0.3, -0.25) is 0 Å². The topological polar surface area (TPSA) is 207 Å². The van der Waals surface area contributed by atoms with E-state index in [0.717, 1.165) is 83.2 Å². The van der Waals surface area contributed by atoms with Crippen LogP contribution in [0.2, 0.25) is 5.02 Å². The van der Waals surface area contributed by atoms with Crippen LogP contribution in [-0.2, 0) is 27.5 Å². The first kappa shape index (κ1) is 52.5.